The molecule has 1 fully saturated rings. The first-order valence-electron chi connectivity index (χ1n) is 13.5. The van der Waals surface area contributed by atoms with Gasteiger partial charge in [-0.25, -0.2) is 0 Å². The highest BCUT2D eigenvalue weighted by Gasteiger charge is 2.36. The third-order valence-corrected chi connectivity index (χ3v) is 7.58. The molecular formula is C31H36N2O5. The van der Waals surface area contributed by atoms with Gasteiger partial charge in [0.1, 0.15) is 18.1 Å². The molecule has 38 heavy (non-hydrogen) atoms. The number of carbonyl (C=O) groups is 2. The number of nitrogens with one attached hydrogen (secondary N) is 1. The molecule has 1 aliphatic heterocycles. The fourth-order valence-corrected chi connectivity index (χ4v) is 5.52. The molecule has 2 heterocycles. The highest BCUT2D eigenvalue weighted by molar-refractivity contribution is 5.91. The van der Waals surface area contributed by atoms with Gasteiger partial charge in [0.2, 0.25) is 5.91 Å². The second kappa shape index (κ2) is 11.9. The fourth-order valence-electron chi connectivity index (χ4n) is 5.52. The largest absolute Gasteiger partial charge is 0.486 e. The maximum atomic E-state index is 13.6. The van der Waals surface area contributed by atoms with Crippen LogP contribution >= 0.6 is 0 Å². The van der Waals surface area contributed by atoms with Crippen LogP contribution in [0.2, 0.25) is 0 Å². The number of carbonyl (C=O) groups excluding carboxylic acids is 2. The lowest BCUT2D eigenvalue weighted by atomic mass is 9.86. The second-order valence-corrected chi connectivity index (χ2v) is 10.2. The van der Waals surface area contributed by atoms with Gasteiger partial charge in [-0.3, -0.25) is 9.59 Å². The Bertz CT molecular complexity index is 1260. The highest BCUT2D eigenvalue weighted by Crippen LogP contribution is 2.40. The number of methoxy groups -OCH3 is 1. The van der Waals surface area contributed by atoms with Crippen molar-refractivity contribution in [1.82, 2.24) is 10.2 Å². The van der Waals surface area contributed by atoms with Crippen LogP contribution in [-0.2, 0) is 22.6 Å². The van der Waals surface area contributed by atoms with Gasteiger partial charge in [0.15, 0.2) is 5.76 Å². The minimum atomic E-state index is -0.282. The van der Waals surface area contributed by atoms with E-state index in [2.05, 4.69) is 53.5 Å². The van der Waals surface area contributed by atoms with Crippen molar-refractivity contribution in [3.63, 3.8) is 0 Å². The predicted molar refractivity (Wildman–Crippen MR) is 144 cm³/mol. The van der Waals surface area contributed by atoms with Crippen molar-refractivity contribution in [2.24, 2.45) is 5.92 Å². The molecule has 0 spiro atoms. The average Bonchev–Trinajstić information content (AvgIpc) is 3.64. The Morgan fingerprint density at radius 3 is 2.61 bits per heavy atom. The van der Waals surface area contributed by atoms with Crippen LogP contribution in [0.1, 0.15) is 70.3 Å². The average molecular weight is 517 g/mol. The van der Waals surface area contributed by atoms with Crippen LogP contribution in [0.25, 0.3) is 0 Å². The number of ether oxygens (including phenoxy) is 2. The van der Waals surface area contributed by atoms with Gasteiger partial charge in [-0.2, -0.15) is 0 Å². The maximum absolute atomic E-state index is 13.6. The highest BCUT2D eigenvalue weighted by atomic mass is 16.5. The zero-order valence-electron chi connectivity index (χ0n) is 22.2. The summed E-state index contributed by atoms with van der Waals surface area (Å²) in [7, 11) is 1.59. The van der Waals surface area contributed by atoms with E-state index < -0.39 is 0 Å². The normalized spacial score (nSPS) is 17.3. The van der Waals surface area contributed by atoms with Crippen LogP contribution in [0.3, 0.4) is 0 Å². The molecule has 1 N–H and O–H groups in total. The molecule has 2 amide bonds. The third kappa shape index (κ3) is 5.78. The Balaban J connectivity index is 1.35. The van der Waals surface area contributed by atoms with E-state index in [9.17, 15) is 9.59 Å². The minimum Gasteiger partial charge on any atom is -0.486 e. The van der Waals surface area contributed by atoms with E-state index >= 15 is 0 Å². The van der Waals surface area contributed by atoms with Gasteiger partial charge in [0.05, 0.1) is 12.6 Å². The number of fused-ring (bicyclic) bond motifs is 1. The van der Waals surface area contributed by atoms with Crippen molar-refractivity contribution in [2.75, 3.05) is 26.8 Å². The van der Waals surface area contributed by atoms with Gasteiger partial charge in [-0.15, -0.1) is 0 Å². The zero-order chi connectivity index (χ0) is 26.5. The van der Waals surface area contributed by atoms with Crippen LogP contribution in [0, 0.1) is 12.8 Å². The molecule has 2 aromatic carbocycles. The molecule has 0 bridgehead atoms. The molecule has 3 aromatic rings. The summed E-state index contributed by atoms with van der Waals surface area (Å²) in [5.41, 5.74) is 4.67. The Morgan fingerprint density at radius 2 is 1.84 bits per heavy atom. The standard InChI is InChI=1S/C31H36N2O5/c1-21-7-9-23(10-8-21)29-27-19-25(37-20-26-13-14-28(38-26)30(34)32-16-18-36-2)12-11-22(27)15-17-33(29)31(35)24-5-3-4-6-24/h7-14,19,24,29H,3-6,15-18,20H2,1-2H3,(H,32,34). The number of furan rings is 1. The summed E-state index contributed by atoms with van der Waals surface area (Å²) in [5, 5.41) is 2.75. The quantitative estimate of drug-likeness (QED) is 0.395. The van der Waals surface area contributed by atoms with Gasteiger partial charge >= 0.3 is 0 Å². The first kappa shape index (κ1) is 26.0. The lowest BCUT2D eigenvalue weighted by Crippen LogP contribution is -2.43. The first-order valence-corrected chi connectivity index (χ1v) is 13.5. The van der Waals surface area contributed by atoms with Gasteiger partial charge in [0, 0.05) is 26.1 Å². The van der Waals surface area contributed by atoms with Crippen LogP contribution < -0.4 is 10.1 Å². The number of nitrogens with zero attached hydrogens (tertiary/aromatic N) is 1. The molecule has 2 aliphatic rings. The molecule has 7 nitrogen and oxygen atoms in total. The van der Waals surface area contributed by atoms with Crippen molar-refractivity contribution in [2.45, 2.75) is 51.7 Å². The molecule has 0 saturated heterocycles. The molecule has 1 aliphatic carbocycles. The Hall–Kier alpha value is -3.58. The van der Waals surface area contributed by atoms with E-state index in [-0.39, 0.29) is 36.1 Å². The van der Waals surface area contributed by atoms with E-state index in [1.165, 1.54) is 11.1 Å². The van der Waals surface area contributed by atoms with E-state index in [1.54, 1.807) is 19.2 Å². The van der Waals surface area contributed by atoms with E-state index in [4.69, 9.17) is 13.9 Å². The number of amides is 2. The fraction of sp³-hybridized carbons (Fsp3) is 0.419. The van der Waals surface area contributed by atoms with Crippen LogP contribution in [-0.4, -0.2) is 43.5 Å². The van der Waals surface area contributed by atoms with E-state index in [1.807, 2.05) is 6.07 Å². The predicted octanol–water partition coefficient (Wildman–Crippen LogP) is 5.21. The summed E-state index contributed by atoms with van der Waals surface area (Å²) in [6.45, 7) is 3.86. The number of benzene rings is 2. The minimum absolute atomic E-state index is 0.128. The molecule has 1 atom stereocenters. The molecule has 200 valence electrons. The molecule has 1 unspecified atom stereocenters. The summed E-state index contributed by atoms with van der Waals surface area (Å²) >= 11 is 0. The number of hydrogen-bond donors (Lipinski definition) is 1. The van der Waals surface area contributed by atoms with Crippen molar-refractivity contribution in [1.29, 1.82) is 0 Å². The molecule has 1 saturated carbocycles. The molecule has 1 aromatic heterocycles. The Labute approximate surface area is 224 Å². The van der Waals surface area contributed by atoms with Crippen LogP contribution in [0.15, 0.2) is 59.0 Å². The summed E-state index contributed by atoms with van der Waals surface area (Å²) in [4.78, 5) is 27.9. The van der Waals surface area contributed by atoms with Crippen molar-refractivity contribution in [3.05, 3.63) is 88.4 Å². The topological polar surface area (TPSA) is 81.0 Å². The summed E-state index contributed by atoms with van der Waals surface area (Å²) in [5.74, 6) is 1.63. The molecular weight excluding hydrogens is 480 g/mol. The smallest absolute Gasteiger partial charge is 0.287 e. The molecule has 5 rings (SSSR count). The zero-order valence-corrected chi connectivity index (χ0v) is 22.2. The first-order chi connectivity index (χ1) is 18.5. The Kier molecular flexibility index (Phi) is 8.13. The SMILES string of the molecule is COCCNC(=O)c1ccc(COc2ccc3c(c2)C(c2ccc(C)cc2)N(C(=O)C2CCCC2)CC3)o1. The number of aryl methyl sites for hydroxylation is 1. The van der Waals surface area contributed by atoms with Crippen molar-refractivity contribution >= 4 is 11.8 Å². The number of hydrogen-bond acceptors (Lipinski definition) is 5. The van der Waals surface area contributed by atoms with E-state index in [0.717, 1.165) is 49.8 Å². The monoisotopic (exact) mass is 516 g/mol. The summed E-state index contributed by atoms with van der Waals surface area (Å²) in [6, 6.07) is 17.9. The number of rotatable bonds is 9. The lowest BCUT2D eigenvalue weighted by molar-refractivity contribution is -0.137. The molecule has 7 heteroatoms. The lowest BCUT2D eigenvalue weighted by Gasteiger charge is -2.39. The van der Waals surface area contributed by atoms with Gasteiger partial charge in [-0.1, -0.05) is 48.7 Å². The molecule has 0 radical (unpaired) electrons. The van der Waals surface area contributed by atoms with Crippen molar-refractivity contribution in [3.8, 4) is 5.75 Å². The van der Waals surface area contributed by atoms with Gasteiger partial charge < -0.3 is 24.1 Å². The summed E-state index contributed by atoms with van der Waals surface area (Å²) in [6.07, 6.45) is 5.08. The van der Waals surface area contributed by atoms with Crippen molar-refractivity contribution < 1.29 is 23.5 Å². The Morgan fingerprint density at radius 1 is 1.05 bits per heavy atom. The van der Waals surface area contributed by atoms with Gasteiger partial charge in [-0.05, 0) is 67.1 Å². The van der Waals surface area contributed by atoms with Crippen LogP contribution in [0.4, 0.5) is 0 Å². The van der Waals surface area contributed by atoms with Crippen LogP contribution in [0.5, 0.6) is 5.75 Å². The summed E-state index contributed by atoms with van der Waals surface area (Å²) < 4.78 is 16.7. The van der Waals surface area contributed by atoms with E-state index in [0.29, 0.717) is 24.7 Å². The maximum Gasteiger partial charge on any atom is 0.287 e. The van der Waals surface area contributed by atoms with Gasteiger partial charge in [0.25, 0.3) is 5.91 Å². The second-order valence-electron chi connectivity index (χ2n) is 10.2. The third-order valence-electron chi connectivity index (χ3n) is 7.58.